The minimum Gasteiger partial charge on any atom is -0.320 e. The largest absolute Gasteiger partial charge is 0.320 e. The summed E-state index contributed by atoms with van der Waals surface area (Å²) in [5.74, 6) is 0. The lowest BCUT2D eigenvalue weighted by molar-refractivity contribution is 0.142. The average molecular weight is 294 g/mol. The molecule has 0 aromatic heterocycles. The third kappa shape index (κ3) is 2.57. The van der Waals surface area contributed by atoms with E-state index in [4.69, 9.17) is 5.73 Å². The van der Waals surface area contributed by atoms with Gasteiger partial charge >= 0.3 is 0 Å². The van der Waals surface area contributed by atoms with Gasteiger partial charge in [0.15, 0.2) is 0 Å². The Hall–Kier alpha value is -1.64. The van der Waals surface area contributed by atoms with Crippen LogP contribution in [-0.2, 0) is 18.4 Å². The Morgan fingerprint density at radius 3 is 2.32 bits per heavy atom. The number of hydrogen-bond acceptors (Lipinski definition) is 2. The van der Waals surface area contributed by atoms with Crippen LogP contribution in [0.3, 0.4) is 0 Å². The standard InChI is InChI=1S/C20H26N2/c1-3-22(4-2)19-14-17-12-8-9-13-18(17)20(19,21)15-16-10-6-5-7-11-16/h5-13,19H,3-4,14-15,21H2,1-2H3. The number of nitrogens with zero attached hydrogens (tertiary/aromatic N) is 1. The van der Waals surface area contributed by atoms with E-state index in [0.717, 1.165) is 25.9 Å². The summed E-state index contributed by atoms with van der Waals surface area (Å²) in [5, 5.41) is 0. The molecule has 0 heterocycles. The average Bonchev–Trinajstić information content (AvgIpc) is 2.83. The van der Waals surface area contributed by atoms with Crippen LogP contribution in [0.4, 0.5) is 0 Å². The topological polar surface area (TPSA) is 29.3 Å². The Balaban J connectivity index is 2.02. The third-order valence-electron chi connectivity index (χ3n) is 5.12. The fourth-order valence-corrected chi connectivity index (χ4v) is 3.99. The van der Waals surface area contributed by atoms with Crippen molar-refractivity contribution in [3.63, 3.8) is 0 Å². The molecule has 2 unspecified atom stereocenters. The van der Waals surface area contributed by atoms with Crippen molar-refractivity contribution in [1.82, 2.24) is 4.90 Å². The van der Waals surface area contributed by atoms with Gasteiger partial charge in [0.1, 0.15) is 0 Å². The molecule has 3 rings (SSSR count). The second kappa shape index (κ2) is 6.23. The summed E-state index contributed by atoms with van der Waals surface area (Å²) in [4.78, 5) is 2.52. The molecule has 1 aliphatic carbocycles. The lowest BCUT2D eigenvalue weighted by Crippen LogP contribution is -2.55. The molecule has 116 valence electrons. The fourth-order valence-electron chi connectivity index (χ4n) is 3.99. The van der Waals surface area contributed by atoms with Gasteiger partial charge < -0.3 is 5.73 Å². The van der Waals surface area contributed by atoms with Crippen LogP contribution in [0.2, 0.25) is 0 Å². The first kappa shape index (κ1) is 15.3. The second-order valence-corrected chi connectivity index (χ2v) is 6.30. The monoisotopic (exact) mass is 294 g/mol. The van der Waals surface area contributed by atoms with Crippen molar-refractivity contribution in [1.29, 1.82) is 0 Å². The van der Waals surface area contributed by atoms with Gasteiger partial charge in [-0.05, 0) is 42.6 Å². The fraction of sp³-hybridized carbons (Fsp3) is 0.400. The SMILES string of the molecule is CCN(CC)C1Cc2ccccc2C1(N)Cc1ccccc1. The third-order valence-corrected chi connectivity index (χ3v) is 5.12. The van der Waals surface area contributed by atoms with E-state index in [1.807, 2.05) is 0 Å². The van der Waals surface area contributed by atoms with Crippen LogP contribution >= 0.6 is 0 Å². The Kier molecular flexibility index (Phi) is 4.32. The van der Waals surface area contributed by atoms with E-state index < -0.39 is 0 Å². The summed E-state index contributed by atoms with van der Waals surface area (Å²) in [6, 6.07) is 19.7. The Labute approximate surface area is 134 Å². The van der Waals surface area contributed by atoms with Crippen molar-refractivity contribution in [2.24, 2.45) is 5.73 Å². The van der Waals surface area contributed by atoms with Crippen molar-refractivity contribution < 1.29 is 0 Å². The molecule has 0 radical (unpaired) electrons. The Bertz CT molecular complexity index is 619. The Morgan fingerprint density at radius 1 is 1.00 bits per heavy atom. The lowest BCUT2D eigenvalue weighted by atomic mass is 9.82. The van der Waals surface area contributed by atoms with Gasteiger partial charge in [-0.25, -0.2) is 0 Å². The molecule has 2 heteroatoms. The summed E-state index contributed by atoms with van der Waals surface area (Å²) in [5.41, 5.74) is 10.8. The maximum Gasteiger partial charge on any atom is 0.0614 e. The molecule has 22 heavy (non-hydrogen) atoms. The van der Waals surface area contributed by atoms with Gasteiger partial charge in [0, 0.05) is 6.04 Å². The summed E-state index contributed by atoms with van der Waals surface area (Å²) in [6.45, 7) is 6.55. The minimum absolute atomic E-state index is 0.302. The number of fused-ring (bicyclic) bond motifs is 1. The highest BCUT2D eigenvalue weighted by molar-refractivity contribution is 5.43. The van der Waals surface area contributed by atoms with Crippen molar-refractivity contribution in [2.75, 3.05) is 13.1 Å². The number of likely N-dealkylation sites (N-methyl/N-ethyl adjacent to an activating group) is 1. The van der Waals surface area contributed by atoms with E-state index in [9.17, 15) is 0 Å². The van der Waals surface area contributed by atoms with E-state index in [1.165, 1.54) is 16.7 Å². The molecule has 2 N–H and O–H groups in total. The summed E-state index contributed by atoms with van der Waals surface area (Å²) >= 11 is 0. The van der Waals surface area contributed by atoms with Crippen LogP contribution in [0.1, 0.15) is 30.5 Å². The molecule has 0 saturated heterocycles. The maximum atomic E-state index is 7.06. The van der Waals surface area contributed by atoms with E-state index in [1.54, 1.807) is 0 Å². The summed E-state index contributed by atoms with van der Waals surface area (Å²) in [7, 11) is 0. The Morgan fingerprint density at radius 2 is 1.64 bits per heavy atom. The molecule has 2 nitrogen and oxygen atoms in total. The van der Waals surface area contributed by atoms with Crippen molar-refractivity contribution in [3.8, 4) is 0 Å². The van der Waals surface area contributed by atoms with Gasteiger partial charge in [0.25, 0.3) is 0 Å². The normalized spacial score (nSPS) is 23.7. The molecule has 2 aromatic rings. The zero-order valence-corrected chi connectivity index (χ0v) is 13.6. The van der Waals surface area contributed by atoms with Crippen molar-refractivity contribution in [3.05, 3.63) is 71.3 Å². The number of rotatable bonds is 5. The molecule has 2 aromatic carbocycles. The first-order chi connectivity index (χ1) is 10.7. The number of nitrogens with two attached hydrogens (primary N) is 1. The highest BCUT2D eigenvalue weighted by atomic mass is 15.2. The molecule has 2 atom stereocenters. The van der Waals surface area contributed by atoms with Gasteiger partial charge in [-0.2, -0.15) is 0 Å². The highest BCUT2D eigenvalue weighted by Crippen LogP contribution is 2.40. The van der Waals surface area contributed by atoms with Crippen LogP contribution < -0.4 is 5.73 Å². The summed E-state index contributed by atoms with van der Waals surface area (Å²) < 4.78 is 0. The van der Waals surface area contributed by atoms with Crippen LogP contribution in [0.15, 0.2) is 54.6 Å². The van der Waals surface area contributed by atoms with Gasteiger partial charge in [0.2, 0.25) is 0 Å². The van der Waals surface area contributed by atoms with E-state index in [0.29, 0.717) is 6.04 Å². The predicted octanol–water partition coefficient (Wildman–Crippen LogP) is 3.35. The first-order valence-electron chi connectivity index (χ1n) is 8.34. The van der Waals surface area contributed by atoms with Crippen LogP contribution in [0, 0.1) is 0 Å². The molecular formula is C20H26N2. The zero-order chi connectivity index (χ0) is 15.6. The number of hydrogen-bond donors (Lipinski definition) is 1. The molecule has 0 saturated carbocycles. The van der Waals surface area contributed by atoms with Crippen molar-refractivity contribution >= 4 is 0 Å². The molecule has 1 aliphatic rings. The molecule has 0 spiro atoms. The summed E-state index contributed by atoms with van der Waals surface area (Å²) in [6.07, 6.45) is 1.95. The van der Waals surface area contributed by atoms with Crippen LogP contribution in [0.25, 0.3) is 0 Å². The van der Waals surface area contributed by atoms with Crippen molar-refractivity contribution in [2.45, 2.75) is 38.3 Å². The first-order valence-corrected chi connectivity index (χ1v) is 8.34. The predicted molar refractivity (Wildman–Crippen MR) is 92.9 cm³/mol. The second-order valence-electron chi connectivity index (χ2n) is 6.30. The molecule has 0 fully saturated rings. The highest BCUT2D eigenvalue weighted by Gasteiger charge is 2.45. The lowest BCUT2D eigenvalue weighted by Gasteiger charge is -2.39. The van der Waals surface area contributed by atoms with E-state index in [-0.39, 0.29) is 5.54 Å². The van der Waals surface area contributed by atoms with E-state index >= 15 is 0 Å². The smallest absolute Gasteiger partial charge is 0.0614 e. The van der Waals surface area contributed by atoms with E-state index in [2.05, 4.69) is 73.3 Å². The van der Waals surface area contributed by atoms with Gasteiger partial charge in [-0.1, -0.05) is 68.4 Å². The zero-order valence-electron chi connectivity index (χ0n) is 13.6. The number of benzene rings is 2. The van der Waals surface area contributed by atoms with Gasteiger partial charge in [0.05, 0.1) is 5.54 Å². The van der Waals surface area contributed by atoms with Gasteiger partial charge in [-0.3, -0.25) is 4.90 Å². The maximum absolute atomic E-state index is 7.06. The van der Waals surface area contributed by atoms with Crippen LogP contribution in [-0.4, -0.2) is 24.0 Å². The molecule has 0 aliphatic heterocycles. The van der Waals surface area contributed by atoms with Gasteiger partial charge in [-0.15, -0.1) is 0 Å². The molecule has 0 bridgehead atoms. The quantitative estimate of drug-likeness (QED) is 0.916. The minimum atomic E-state index is -0.302. The van der Waals surface area contributed by atoms with Crippen LogP contribution in [0.5, 0.6) is 0 Å². The molecular weight excluding hydrogens is 268 g/mol. The molecule has 0 amide bonds.